The average Bonchev–Trinajstić information content (AvgIpc) is 3.60. The molecule has 0 aromatic rings. The molecule has 8 aliphatic rings. The predicted octanol–water partition coefficient (Wildman–Crippen LogP) is 0.00790. The van der Waals surface area contributed by atoms with Gasteiger partial charge in [-0.25, -0.2) is 0 Å². The summed E-state index contributed by atoms with van der Waals surface area (Å²) in [4.78, 5) is 0. The first-order valence-corrected chi connectivity index (χ1v) is 18.7. The van der Waals surface area contributed by atoms with Crippen LogP contribution in [0, 0.1) is 51.2 Å². The van der Waals surface area contributed by atoms with E-state index in [1.165, 1.54) is 0 Å². The van der Waals surface area contributed by atoms with Gasteiger partial charge < -0.3 is 64.5 Å². The molecule has 280 valence electrons. The Bertz CT molecular complexity index is 1250. The van der Waals surface area contributed by atoms with Crippen LogP contribution in [0.15, 0.2) is 0 Å². The van der Waals surface area contributed by atoms with Gasteiger partial charge in [-0.2, -0.15) is 0 Å². The van der Waals surface area contributed by atoms with Gasteiger partial charge in [0.25, 0.3) is 0 Å². The van der Waals surface area contributed by atoms with Crippen LogP contribution in [0.1, 0.15) is 79.1 Å². The Morgan fingerprint density at radius 3 is 2.20 bits per heavy atom. The lowest BCUT2D eigenvalue weighted by molar-refractivity contribution is -0.331. The largest absolute Gasteiger partial charge is 0.394 e. The van der Waals surface area contributed by atoms with Crippen molar-refractivity contribution in [1.29, 1.82) is 0 Å². The van der Waals surface area contributed by atoms with Crippen molar-refractivity contribution in [3.8, 4) is 0 Å². The molecule has 21 atom stereocenters. The number of hydrogen-bond donors (Lipinski definition) is 8. The van der Waals surface area contributed by atoms with Crippen LogP contribution in [-0.4, -0.2) is 134 Å². The monoisotopic (exact) mass is 698 g/mol. The van der Waals surface area contributed by atoms with Crippen LogP contribution in [0.25, 0.3) is 0 Å². The molecule has 0 radical (unpaired) electrons. The topological polar surface area (TPSA) is 208 Å². The van der Waals surface area contributed by atoms with Crippen molar-refractivity contribution < 1.29 is 64.5 Å². The van der Waals surface area contributed by atoms with Crippen LogP contribution in [0.2, 0.25) is 0 Å². The van der Waals surface area contributed by atoms with E-state index >= 15 is 0 Å². The van der Waals surface area contributed by atoms with Gasteiger partial charge in [0, 0.05) is 6.42 Å². The van der Waals surface area contributed by atoms with Gasteiger partial charge in [-0.3, -0.25) is 0 Å². The highest BCUT2D eigenvalue weighted by Crippen LogP contribution is 2.87. The Morgan fingerprint density at radius 2 is 1.47 bits per heavy atom. The van der Waals surface area contributed by atoms with E-state index in [1.54, 1.807) is 0 Å². The molecule has 0 aromatic heterocycles. The fourth-order valence-corrected chi connectivity index (χ4v) is 13.5. The van der Waals surface area contributed by atoms with Gasteiger partial charge in [0.15, 0.2) is 18.9 Å². The molecule has 13 nitrogen and oxygen atoms in total. The summed E-state index contributed by atoms with van der Waals surface area (Å²) in [6.45, 7) is 8.33. The molecule has 3 aliphatic heterocycles. The van der Waals surface area contributed by atoms with Crippen LogP contribution in [-0.2, 0) is 23.7 Å². The summed E-state index contributed by atoms with van der Waals surface area (Å²) in [5, 5.41) is 84.0. The zero-order valence-electron chi connectivity index (χ0n) is 29.1. The summed E-state index contributed by atoms with van der Waals surface area (Å²) >= 11 is 0. The van der Waals surface area contributed by atoms with Crippen molar-refractivity contribution >= 4 is 0 Å². The van der Waals surface area contributed by atoms with Crippen LogP contribution in [0.4, 0.5) is 0 Å². The van der Waals surface area contributed by atoms with Gasteiger partial charge in [0.2, 0.25) is 0 Å². The maximum Gasteiger partial charge on any atom is 0.186 e. The van der Waals surface area contributed by atoms with Crippen molar-refractivity contribution in [2.24, 2.45) is 51.2 Å². The zero-order chi connectivity index (χ0) is 35.0. The van der Waals surface area contributed by atoms with Crippen LogP contribution in [0.3, 0.4) is 0 Å². The second-order valence-corrected chi connectivity index (χ2v) is 18.1. The number of rotatable bonds is 5. The lowest BCUT2D eigenvalue weighted by atomic mass is 9.45. The summed E-state index contributed by atoms with van der Waals surface area (Å²) in [6.07, 6.45) is -6.60. The highest BCUT2D eigenvalue weighted by Gasteiger charge is 2.83. The second-order valence-electron chi connectivity index (χ2n) is 18.1. The highest BCUT2D eigenvalue weighted by molar-refractivity contribution is 5.31. The first-order chi connectivity index (χ1) is 23.1. The van der Waals surface area contributed by atoms with Crippen LogP contribution < -0.4 is 0 Å². The lowest BCUT2D eigenvalue weighted by Crippen LogP contribution is -2.63. The van der Waals surface area contributed by atoms with E-state index in [1.807, 2.05) is 0 Å². The number of hydrogen-bond acceptors (Lipinski definition) is 13. The van der Waals surface area contributed by atoms with E-state index in [0.717, 1.165) is 38.5 Å². The molecule has 2 spiro atoms. The first-order valence-electron chi connectivity index (χ1n) is 18.7. The van der Waals surface area contributed by atoms with E-state index in [-0.39, 0.29) is 52.8 Å². The lowest BCUT2D eigenvalue weighted by Gasteiger charge is -2.62. The Balaban J connectivity index is 1.13. The van der Waals surface area contributed by atoms with E-state index in [2.05, 4.69) is 27.7 Å². The minimum Gasteiger partial charge on any atom is -0.394 e. The SMILES string of the molecule is CC1CC(O)OC2CC3C4C(OC5OC(CO)C(O)C(O)C5O)CC5C(C)(C)C(OC6OCC(O)C(O)C6O)CCC56CC46CCC3(C)C12. The van der Waals surface area contributed by atoms with E-state index in [0.29, 0.717) is 24.7 Å². The van der Waals surface area contributed by atoms with E-state index in [9.17, 15) is 40.9 Å². The molecular formula is C36H58O13. The molecular weight excluding hydrogens is 640 g/mol. The van der Waals surface area contributed by atoms with E-state index in [4.69, 9.17) is 23.7 Å². The number of aliphatic hydroxyl groups excluding tert-OH is 8. The van der Waals surface area contributed by atoms with Gasteiger partial charge in [0.05, 0.1) is 31.5 Å². The molecule has 8 N–H and O–H groups in total. The highest BCUT2D eigenvalue weighted by atomic mass is 16.7. The maximum atomic E-state index is 11.1. The van der Waals surface area contributed by atoms with Crippen molar-refractivity contribution in [3.05, 3.63) is 0 Å². The van der Waals surface area contributed by atoms with Gasteiger partial charge in [0.1, 0.15) is 42.7 Å². The van der Waals surface area contributed by atoms with Crippen molar-refractivity contribution in [2.45, 2.75) is 159 Å². The number of aliphatic hydroxyl groups is 8. The zero-order valence-corrected chi connectivity index (χ0v) is 29.1. The molecule has 8 rings (SSSR count). The number of fused-ring (bicyclic) bond motifs is 4. The Hall–Kier alpha value is -0.520. The maximum absolute atomic E-state index is 11.1. The quantitative estimate of drug-likeness (QED) is 0.178. The van der Waals surface area contributed by atoms with Gasteiger partial charge in [-0.1, -0.05) is 27.7 Å². The summed E-state index contributed by atoms with van der Waals surface area (Å²) in [5.74, 6) is 1.05. The third-order valence-electron chi connectivity index (χ3n) is 15.7. The fourth-order valence-electron chi connectivity index (χ4n) is 13.5. The summed E-state index contributed by atoms with van der Waals surface area (Å²) in [7, 11) is 0. The van der Waals surface area contributed by atoms with Crippen molar-refractivity contribution in [2.75, 3.05) is 13.2 Å². The number of ether oxygens (including phenoxy) is 5. The average molecular weight is 699 g/mol. The second kappa shape index (κ2) is 12.0. The van der Waals surface area contributed by atoms with Gasteiger partial charge in [-0.15, -0.1) is 0 Å². The third kappa shape index (κ3) is 4.98. The fraction of sp³-hybridized carbons (Fsp3) is 1.00. The molecule has 5 saturated carbocycles. The normalized spacial score (nSPS) is 60.7. The van der Waals surface area contributed by atoms with Crippen molar-refractivity contribution in [3.63, 3.8) is 0 Å². The molecule has 0 amide bonds. The molecule has 5 aliphatic carbocycles. The Labute approximate surface area is 287 Å². The Morgan fingerprint density at radius 1 is 0.735 bits per heavy atom. The molecule has 49 heavy (non-hydrogen) atoms. The van der Waals surface area contributed by atoms with Crippen LogP contribution >= 0.6 is 0 Å². The summed E-state index contributed by atoms with van der Waals surface area (Å²) < 4.78 is 31.2. The molecule has 3 heterocycles. The van der Waals surface area contributed by atoms with Crippen LogP contribution in [0.5, 0.6) is 0 Å². The smallest absolute Gasteiger partial charge is 0.186 e. The molecule has 3 saturated heterocycles. The Kier molecular flexibility index (Phi) is 8.69. The molecule has 0 aromatic carbocycles. The minimum absolute atomic E-state index is 0.0269. The third-order valence-corrected chi connectivity index (χ3v) is 15.7. The first kappa shape index (κ1) is 35.5. The molecule has 13 heteroatoms. The molecule has 0 bridgehead atoms. The van der Waals surface area contributed by atoms with E-state index < -0.39 is 79.7 Å². The minimum atomic E-state index is -1.55. The van der Waals surface area contributed by atoms with Gasteiger partial charge in [-0.05, 0) is 96.2 Å². The summed E-state index contributed by atoms with van der Waals surface area (Å²) in [5.41, 5.74) is -0.472. The molecule has 21 unspecified atom stereocenters. The predicted molar refractivity (Wildman–Crippen MR) is 169 cm³/mol. The standard InChI is InChI=1S/C36H58O13/c1-15-9-23(39)46-18-10-16-25-19(47-32-30(44)28(42)27(41)20(12-37)48-32)11-21-33(2,3)22(49-31-29(43)26(40)17(38)13-45-31)5-6-35(21)14-36(25,35)8-7-34(16,4)24(15)18/h15-32,37-44H,5-14H2,1-4H3. The summed E-state index contributed by atoms with van der Waals surface area (Å²) in [6, 6.07) is 0. The van der Waals surface area contributed by atoms with Crippen molar-refractivity contribution in [1.82, 2.24) is 0 Å². The van der Waals surface area contributed by atoms with Gasteiger partial charge >= 0.3 is 0 Å². The molecule has 8 fully saturated rings.